The Balaban J connectivity index is 1.54. The average Bonchev–Trinajstić information content (AvgIpc) is 2.89. The maximum absolute atomic E-state index is 7.03. The summed E-state index contributed by atoms with van der Waals surface area (Å²) in [6.07, 6.45) is 2.13. The summed E-state index contributed by atoms with van der Waals surface area (Å²) < 4.78 is 16.0. The van der Waals surface area contributed by atoms with Crippen molar-refractivity contribution in [1.29, 1.82) is 0 Å². The second kappa shape index (κ2) is 7.45. The minimum absolute atomic E-state index is 0.825. The zero-order valence-electron chi connectivity index (χ0n) is 22.2. The molecule has 0 saturated heterocycles. The molecule has 0 radical (unpaired) electrons. The molecule has 1 aliphatic heterocycles. The highest BCUT2D eigenvalue weighted by Gasteiger charge is 2.39. The van der Waals surface area contributed by atoms with Crippen LogP contribution in [0.15, 0.2) is 72.9 Å². The van der Waals surface area contributed by atoms with E-state index in [9.17, 15) is 0 Å². The molecule has 0 bridgehead atoms. The van der Waals surface area contributed by atoms with Crippen molar-refractivity contribution in [2.24, 2.45) is 7.05 Å². The minimum Gasteiger partial charge on any atom is -0.448 e. The first kappa shape index (κ1) is 22.1. The highest BCUT2D eigenvalue weighted by molar-refractivity contribution is 6.15. The first-order valence-corrected chi connectivity index (χ1v) is 12.9. The van der Waals surface area contributed by atoms with Crippen LogP contribution in [0.4, 0.5) is 0 Å². The van der Waals surface area contributed by atoms with Crippen LogP contribution in [0.25, 0.3) is 43.2 Å². The van der Waals surface area contributed by atoms with Crippen molar-refractivity contribution < 1.29 is 14.0 Å². The second-order valence-electron chi connectivity index (χ2n) is 10.7. The second-order valence-corrected chi connectivity index (χ2v) is 10.7. The quantitative estimate of drug-likeness (QED) is 0.183. The molecule has 0 fully saturated rings. The van der Waals surface area contributed by atoms with Gasteiger partial charge >= 0.3 is 0 Å². The van der Waals surface area contributed by atoms with Gasteiger partial charge in [0.05, 0.1) is 10.8 Å². The molecule has 182 valence electrons. The number of pyridine rings is 1. The van der Waals surface area contributed by atoms with Gasteiger partial charge in [0, 0.05) is 29.3 Å². The van der Waals surface area contributed by atoms with Gasteiger partial charge < -0.3 is 9.47 Å². The van der Waals surface area contributed by atoms with E-state index in [0.29, 0.717) is 0 Å². The van der Waals surface area contributed by atoms with Crippen LogP contribution in [-0.4, -0.2) is 0 Å². The molecule has 6 aromatic rings. The van der Waals surface area contributed by atoms with E-state index in [1.807, 2.05) is 0 Å². The van der Waals surface area contributed by atoms with E-state index < -0.39 is 5.79 Å². The minimum atomic E-state index is -0.991. The molecule has 1 aliphatic rings. The maximum Gasteiger partial charge on any atom is 0.275 e. The van der Waals surface area contributed by atoms with E-state index in [1.165, 1.54) is 60.1 Å². The molecule has 1 atom stereocenters. The summed E-state index contributed by atoms with van der Waals surface area (Å²) in [6, 6.07) is 23.9. The van der Waals surface area contributed by atoms with Gasteiger partial charge in [-0.3, -0.25) is 0 Å². The predicted octanol–water partition coefficient (Wildman–Crippen LogP) is 8.00. The molecular formula is C34H30NO2+. The molecule has 2 heterocycles. The standard InChI is InChI=1S/C34H30NO2/c1-19-7-14-27-30-23(19)10-11-24-20(2)8-15-28(31(24)30)36-34(27,5)37-29-16-9-21(3)25-12-13-26-22(4)17-18-35(6)33(26)32(25)29/h7-18H,1-6H3/q+1. The monoisotopic (exact) mass is 484 g/mol. The lowest BCUT2D eigenvalue weighted by atomic mass is 9.88. The summed E-state index contributed by atoms with van der Waals surface area (Å²) in [5.74, 6) is 0.704. The van der Waals surface area contributed by atoms with Crippen molar-refractivity contribution in [1.82, 2.24) is 0 Å². The van der Waals surface area contributed by atoms with E-state index in [2.05, 4.69) is 119 Å². The fraction of sp³-hybridized carbons (Fsp3) is 0.206. The van der Waals surface area contributed by atoms with Gasteiger partial charge in [-0.05, 0) is 84.3 Å². The third-order valence-electron chi connectivity index (χ3n) is 8.31. The molecule has 0 amide bonds. The Morgan fingerprint density at radius 1 is 0.622 bits per heavy atom. The molecule has 0 saturated carbocycles. The van der Waals surface area contributed by atoms with Crippen molar-refractivity contribution in [2.75, 3.05) is 0 Å². The van der Waals surface area contributed by atoms with Crippen molar-refractivity contribution >= 4 is 43.2 Å². The van der Waals surface area contributed by atoms with E-state index >= 15 is 0 Å². The van der Waals surface area contributed by atoms with Gasteiger partial charge in [-0.25, -0.2) is 4.57 Å². The Bertz CT molecular complexity index is 1950. The number of rotatable bonds is 2. The average molecular weight is 485 g/mol. The number of aromatic nitrogens is 1. The van der Waals surface area contributed by atoms with Crippen LogP contribution in [0.5, 0.6) is 11.5 Å². The number of aryl methyl sites for hydroxylation is 5. The zero-order chi connectivity index (χ0) is 25.6. The van der Waals surface area contributed by atoms with Crippen LogP contribution in [0.3, 0.4) is 0 Å². The molecule has 5 aromatic carbocycles. The number of ether oxygens (including phenoxy) is 2. The van der Waals surface area contributed by atoms with Crippen molar-refractivity contribution in [3.63, 3.8) is 0 Å². The fourth-order valence-corrected chi connectivity index (χ4v) is 6.27. The molecule has 3 heteroatoms. The van der Waals surface area contributed by atoms with Crippen LogP contribution in [0.2, 0.25) is 0 Å². The first-order valence-electron chi connectivity index (χ1n) is 12.9. The molecule has 1 aromatic heterocycles. The summed E-state index contributed by atoms with van der Waals surface area (Å²) >= 11 is 0. The Morgan fingerprint density at radius 2 is 1.19 bits per heavy atom. The van der Waals surface area contributed by atoms with Crippen molar-refractivity contribution in [2.45, 2.75) is 40.4 Å². The van der Waals surface area contributed by atoms with Crippen LogP contribution in [-0.2, 0) is 12.8 Å². The lowest BCUT2D eigenvalue weighted by Crippen LogP contribution is -2.38. The molecular weight excluding hydrogens is 454 g/mol. The molecule has 0 spiro atoms. The summed E-state index contributed by atoms with van der Waals surface area (Å²) in [6.45, 7) is 10.7. The summed E-state index contributed by atoms with van der Waals surface area (Å²) in [7, 11) is 2.11. The lowest BCUT2D eigenvalue weighted by molar-refractivity contribution is -0.644. The SMILES string of the molecule is Cc1ccc2c3c1ccc1c(C)ccc(c13)C(C)(Oc1ccc(C)c3ccc4c(C)cc[n+](C)c4c13)O2. The Labute approximate surface area is 216 Å². The van der Waals surface area contributed by atoms with Gasteiger partial charge in [0.2, 0.25) is 5.52 Å². The molecule has 3 nitrogen and oxygen atoms in total. The largest absolute Gasteiger partial charge is 0.448 e. The molecule has 0 aliphatic carbocycles. The van der Waals surface area contributed by atoms with Crippen LogP contribution >= 0.6 is 0 Å². The zero-order valence-corrected chi connectivity index (χ0v) is 22.2. The lowest BCUT2D eigenvalue weighted by Gasteiger charge is -2.37. The van der Waals surface area contributed by atoms with Gasteiger partial charge in [-0.2, -0.15) is 0 Å². The van der Waals surface area contributed by atoms with E-state index in [0.717, 1.165) is 22.4 Å². The third kappa shape index (κ3) is 2.97. The molecule has 1 unspecified atom stereocenters. The Kier molecular flexibility index (Phi) is 4.46. The van der Waals surface area contributed by atoms with Gasteiger partial charge in [0.25, 0.3) is 5.79 Å². The summed E-state index contributed by atoms with van der Waals surface area (Å²) in [4.78, 5) is 0. The highest BCUT2D eigenvalue weighted by atomic mass is 16.7. The number of nitrogens with zero attached hydrogens (tertiary/aromatic N) is 1. The topological polar surface area (TPSA) is 22.3 Å². The molecule has 7 rings (SSSR count). The fourth-order valence-electron chi connectivity index (χ4n) is 6.27. The van der Waals surface area contributed by atoms with Crippen LogP contribution in [0, 0.1) is 27.7 Å². The normalized spacial score (nSPS) is 16.7. The van der Waals surface area contributed by atoms with Gasteiger partial charge in [0.15, 0.2) is 6.20 Å². The number of hydrogen-bond donors (Lipinski definition) is 0. The molecule has 37 heavy (non-hydrogen) atoms. The van der Waals surface area contributed by atoms with Gasteiger partial charge in [-0.15, -0.1) is 0 Å². The van der Waals surface area contributed by atoms with E-state index in [4.69, 9.17) is 9.47 Å². The third-order valence-corrected chi connectivity index (χ3v) is 8.31. The molecule has 0 N–H and O–H groups in total. The Hall–Kier alpha value is -4.11. The first-order chi connectivity index (χ1) is 17.8. The highest BCUT2D eigenvalue weighted by Crippen LogP contribution is 2.48. The summed E-state index contributed by atoms with van der Waals surface area (Å²) in [5.41, 5.74) is 7.21. The smallest absolute Gasteiger partial charge is 0.275 e. The van der Waals surface area contributed by atoms with Gasteiger partial charge in [0.1, 0.15) is 18.5 Å². The van der Waals surface area contributed by atoms with E-state index in [1.54, 1.807) is 0 Å². The summed E-state index contributed by atoms with van der Waals surface area (Å²) in [5, 5.41) is 8.42. The number of hydrogen-bond acceptors (Lipinski definition) is 2. The maximum atomic E-state index is 7.03. The Morgan fingerprint density at radius 3 is 1.92 bits per heavy atom. The van der Waals surface area contributed by atoms with Crippen LogP contribution in [0.1, 0.15) is 34.7 Å². The van der Waals surface area contributed by atoms with Crippen molar-refractivity contribution in [3.8, 4) is 11.5 Å². The number of fused-ring (bicyclic) bond motifs is 3. The van der Waals surface area contributed by atoms with Crippen molar-refractivity contribution in [3.05, 3.63) is 101 Å². The van der Waals surface area contributed by atoms with E-state index in [-0.39, 0.29) is 0 Å². The number of benzene rings is 5. The van der Waals surface area contributed by atoms with Gasteiger partial charge in [-0.1, -0.05) is 42.5 Å². The predicted molar refractivity (Wildman–Crippen MR) is 152 cm³/mol. The van der Waals surface area contributed by atoms with Crippen LogP contribution < -0.4 is 14.0 Å².